The minimum Gasteiger partial charge on any atom is -0.481 e. The molecule has 3 rings (SSSR count). The molecular weight excluding hydrogens is 517 g/mol. The molecule has 1 heterocycles. The van der Waals surface area contributed by atoms with Crippen molar-refractivity contribution in [2.75, 3.05) is 12.3 Å². The van der Waals surface area contributed by atoms with Crippen molar-refractivity contribution in [3.8, 4) is 0 Å². The number of piperidine rings is 1. The lowest BCUT2D eigenvalue weighted by molar-refractivity contribution is -0.141. The van der Waals surface area contributed by atoms with Crippen molar-refractivity contribution in [2.45, 2.75) is 70.7 Å². The van der Waals surface area contributed by atoms with E-state index >= 15 is 0 Å². The maximum absolute atomic E-state index is 13.2. The molecule has 5 nitrogen and oxygen atoms in total. The Labute approximate surface area is 225 Å². The van der Waals surface area contributed by atoms with E-state index in [2.05, 4.69) is 4.90 Å². The summed E-state index contributed by atoms with van der Waals surface area (Å²) in [6.45, 7) is 9.97. The standard InChI is InChI=1S/C28H37Cl2NO4S/c1-18(2)25(16-36(34,35)19(3)4)31-17-28(5,15-26(32)33)14-24(21-7-6-8-23(30)13-21)27(31)20-9-11-22(29)12-10-20/h6-13,18-19,24-25,27H,14-17H2,1-5H3,(H,32,33)/t24-,25-,27-,28-/m1/s1. The quantitative estimate of drug-likeness (QED) is 0.367. The Bertz CT molecular complexity index is 1170. The molecule has 0 amide bonds. The van der Waals surface area contributed by atoms with Gasteiger partial charge < -0.3 is 5.11 Å². The number of hydrogen-bond acceptors (Lipinski definition) is 4. The van der Waals surface area contributed by atoms with Crippen LogP contribution in [0.2, 0.25) is 10.0 Å². The summed E-state index contributed by atoms with van der Waals surface area (Å²) >= 11 is 12.6. The van der Waals surface area contributed by atoms with Crippen molar-refractivity contribution < 1.29 is 18.3 Å². The van der Waals surface area contributed by atoms with Crippen LogP contribution in [-0.4, -0.2) is 48.0 Å². The first-order chi connectivity index (χ1) is 16.7. The molecule has 36 heavy (non-hydrogen) atoms. The van der Waals surface area contributed by atoms with Gasteiger partial charge in [-0.05, 0) is 67.0 Å². The van der Waals surface area contributed by atoms with Gasteiger partial charge in [0, 0.05) is 34.6 Å². The molecule has 2 aromatic rings. The van der Waals surface area contributed by atoms with Crippen LogP contribution in [0.15, 0.2) is 48.5 Å². The van der Waals surface area contributed by atoms with E-state index in [0.717, 1.165) is 11.1 Å². The summed E-state index contributed by atoms with van der Waals surface area (Å²) in [5.41, 5.74) is 1.48. The molecular formula is C28H37Cl2NO4S. The number of hydrogen-bond donors (Lipinski definition) is 1. The highest BCUT2D eigenvalue weighted by Crippen LogP contribution is 2.51. The van der Waals surface area contributed by atoms with E-state index in [1.54, 1.807) is 13.8 Å². The Morgan fingerprint density at radius 1 is 1.06 bits per heavy atom. The number of nitrogens with zero attached hydrogens (tertiary/aromatic N) is 1. The number of halogens is 2. The second-order valence-corrected chi connectivity index (χ2v) is 14.6. The lowest BCUT2D eigenvalue weighted by atomic mass is 9.67. The summed E-state index contributed by atoms with van der Waals surface area (Å²) < 4.78 is 26.3. The van der Waals surface area contributed by atoms with Crippen molar-refractivity contribution in [2.24, 2.45) is 11.3 Å². The highest BCUT2D eigenvalue weighted by Gasteiger charge is 2.48. The molecule has 0 spiro atoms. The molecule has 8 heteroatoms. The molecule has 1 N–H and O–H groups in total. The van der Waals surface area contributed by atoms with Crippen LogP contribution < -0.4 is 0 Å². The fraction of sp³-hybridized carbons (Fsp3) is 0.536. The lowest BCUT2D eigenvalue weighted by Crippen LogP contribution is -2.55. The molecule has 1 aliphatic rings. The Morgan fingerprint density at radius 3 is 2.22 bits per heavy atom. The van der Waals surface area contributed by atoms with Crippen LogP contribution in [-0.2, 0) is 14.6 Å². The monoisotopic (exact) mass is 553 g/mol. The zero-order chi connectivity index (χ0) is 26.8. The van der Waals surface area contributed by atoms with Gasteiger partial charge in [-0.3, -0.25) is 9.69 Å². The molecule has 4 atom stereocenters. The summed E-state index contributed by atoms with van der Waals surface area (Å²) in [6.07, 6.45) is 0.626. The zero-order valence-corrected chi connectivity index (χ0v) is 23.9. The number of benzene rings is 2. The van der Waals surface area contributed by atoms with Gasteiger partial charge in [0.05, 0.1) is 17.4 Å². The minimum absolute atomic E-state index is 0.00432. The maximum Gasteiger partial charge on any atom is 0.303 e. The maximum atomic E-state index is 13.2. The van der Waals surface area contributed by atoms with Gasteiger partial charge in [-0.25, -0.2) is 8.42 Å². The second-order valence-electron chi connectivity index (χ2n) is 11.1. The molecule has 0 aromatic heterocycles. The Kier molecular flexibility index (Phi) is 9.19. The average molecular weight is 555 g/mol. The van der Waals surface area contributed by atoms with E-state index in [9.17, 15) is 18.3 Å². The van der Waals surface area contributed by atoms with Crippen LogP contribution in [0.25, 0.3) is 0 Å². The van der Waals surface area contributed by atoms with Crippen LogP contribution in [0.5, 0.6) is 0 Å². The van der Waals surface area contributed by atoms with Crippen LogP contribution in [0, 0.1) is 11.3 Å². The average Bonchev–Trinajstić information content (AvgIpc) is 2.76. The molecule has 2 aromatic carbocycles. The van der Waals surface area contributed by atoms with Gasteiger partial charge in [-0.1, -0.05) is 68.2 Å². The summed E-state index contributed by atoms with van der Waals surface area (Å²) in [5, 5.41) is 10.5. The molecule has 0 aliphatic carbocycles. The first kappa shape index (κ1) is 29.0. The molecule has 0 saturated carbocycles. The van der Waals surface area contributed by atoms with Gasteiger partial charge in [0.15, 0.2) is 9.84 Å². The van der Waals surface area contributed by atoms with Gasteiger partial charge in [0.25, 0.3) is 0 Å². The van der Waals surface area contributed by atoms with E-state index in [0.29, 0.717) is 23.0 Å². The Hall–Kier alpha value is -1.60. The molecule has 1 saturated heterocycles. The van der Waals surface area contributed by atoms with Crippen LogP contribution in [0.1, 0.15) is 70.5 Å². The molecule has 0 bridgehead atoms. The van der Waals surface area contributed by atoms with E-state index in [1.165, 1.54) is 0 Å². The Balaban J connectivity index is 2.23. The summed E-state index contributed by atoms with van der Waals surface area (Å²) in [7, 11) is -3.35. The fourth-order valence-corrected chi connectivity index (χ4v) is 7.28. The Morgan fingerprint density at radius 2 is 1.69 bits per heavy atom. The van der Waals surface area contributed by atoms with Crippen molar-refractivity contribution in [3.63, 3.8) is 0 Å². The highest BCUT2D eigenvalue weighted by atomic mass is 35.5. The van der Waals surface area contributed by atoms with E-state index in [4.69, 9.17) is 23.2 Å². The third-order valence-electron chi connectivity index (χ3n) is 7.40. The number of carbonyl (C=O) groups is 1. The van der Waals surface area contributed by atoms with E-state index < -0.39 is 26.5 Å². The van der Waals surface area contributed by atoms with Gasteiger partial charge in [0.2, 0.25) is 0 Å². The summed E-state index contributed by atoms with van der Waals surface area (Å²) in [4.78, 5) is 14.2. The normalized spacial score (nSPS) is 24.2. The summed E-state index contributed by atoms with van der Waals surface area (Å²) in [5.74, 6) is -0.910. The first-order valence-electron chi connectivity index (χ1n) is 12.4. The second kappa shape index (κ2) is 11.4. The van der Waals surface area contributed by atoms with Gasteiger partial charge in [-0.15, -0.1) is 0 Å². The zero-order valence-electron chi connectivity index (χ0n) is 21.6. The van der Waals surface area contributed by atoms with Gasteiger partial charge in [0.1, 0.15) is 0 Å². The fourth-order valence-electron chi connectivity index (χ4n) is 5.52. The third-order valence-corrected chi connectivity index (χ3v) is 10.1. The SMILES string of the molecule is CC(C)[C@@H](CS(=O)(=O)C(C)C)N1C[C@@](C)(CC(=O)O)C[C@H](c2cccc(Cl)c2)[C@H]1c1ccc(Cl)cc1. The molecule has 1 fully saturated rings. The number of carboxylic acids is 1. The molecule has 0 unspecified atom stereocenters. The van der Waals surface area contributed by atoms with Crippen molar-refractivity contribution in [3.05, 3.63) is 69.7 Å². The van der Waals surface area contributed by atoms with Gasteiger partial charge >= 0.3 is 5.97 Å². The highest BCUT2D eigenvalue weighted by molar-refractivity contribution is 7.92. The minimum atomic E-state index is -3.35. The molecule has 1 aliphatic heterocycles. The van der Waals surface area contributed by atoms with Crippen LogP contribution >= 0.6 is 23.2 Å². The summed E-state index contributed by atoms with van der Waals surface area (Å²) in [6, 6.07) is 14.9. The largest absolute Gasteiger partial charge is 0.481 e. The number of likely N-dealkylation sites (tertiary alicyclic amines) is 1. The number of aliphatic carboxylic acids is 1. The van der Waals surface area contributed by atoms with Crippen molar-refractivity contribution in [1.82, 2.24) is 4.90 Å². The number of carboxylic acid groups (broad SMARTS) is 1. The molecule has 0 radical (unpaired) electrons. The van der Waals surface area contributed by atoms with Crippen LogP contribution in [0.4, 0.5) is 0 Å². The predicted molar refractivity (Wildman–Crippen MR) is 148 cm³/mol. The van der Waals surface area contributed by atoms with E-state index in [1.807, 2.05) is 69.3 Å². The van der Waals surface area contributed by atoms with Crippen LogP contribution in [0.3, 0.4) is 0 Å². The van der Waals surface area contributed by atoms with Crippen molar-refractivity contribution >= 4 is 39.0 Å². The first-order valence-corrected chi connectivity index (χ1v) is 14.9. The smallest absolute Gasteiger partial charge is 0.303 e. The topological polar surface area (TPSA) is 74.7 Å². The van der Waals surface area contributed by atoms with E-state index in [-0.39, 0.29) is 36.1 Å². The lowest BCUT2D eigenvalue weighted by Gasteiger charge is -2.53. The predicted octanol–water partition coefficient (Wildman–Crippen LogP) is 6.85. The van der Waals surface area contributed by atoms with Gasteiger partial charge in [-0.2, -0.15) is 0 Å². The third kappa shape index (κ3) is 6.83. The van der Waals surface area contributed by atoms with Crippen molar-refractivity contribution in [1.29, 1.82) is 0 Å². The number of rotatable bonds is 9. The number of sulfone groups is 1. The molecule has 198 valence electrons.